The maximum absolute atomic E-state index is 11.0. The SMILES string of the molecule is COc1ccc(NC[C@H](O[C@@H]2O[C@@H](C)[C@H](O)[C@@H](O[C@@H]3O[C@@H](C)[C@H](O)[C@@H](O)[C@H]3O)[C@H]2O)[C@@H](O)[C@H](O)[C@H](O)CO)cc1. The lowest BCUT2D eigenvalue weighted by molar-refractivity contribution is -0.360. The summed E-state index contributed by atoms with van der Waals surface area (Å²) in [6, 6.07) is 6.71. The average molecular weight is 580 g/mol. The van der Waals surface area contributed by atoms with Gasteiger partial charge in [-0.1, -0.05) is 0 Å². The van der Waals surface area contributed by atoms with Gasteiger partial charge in [-0.25, -0.2) is 0 Å². The topological polar surface area (TPSA) is 240 Å². The molecule has 0 bridgehead atoms. The number of methoxy groups -OCH3 is 1. The molecule has 2 heterocycles. The monoisotopic (exact) mass is 579 g/mol. The number of aliphatic hydroxyl groups excluding tert-OH is 9. The third kappa shape index (κ3) is 7.57. The van der Waals surface area contributed by atoms with Crippen LogP contribution in [-0.2, 0) is 18.9 Å². The molecule has 0 unspecified atom stereocenters. The summed E-state index contributed by atoms with van der Waals surface area (Å²) >= 11 is 0. The van der Waals surface area contributed by atoms with Crippen molar-refractivity contribution in [1.82, 2.24) is 0 Å². The summed E-state index contributed by atoms with van der Waals surface area (Å²) in [6.45, 7) is 1.87. The Morgan fingerprint density at radius 1 is 0.800 bits per heavy atom. The van der Waals surface area contributed by atoms with E-state index in [0.29, 0.717) is 11.4 Å². The highest BCUT2D eigenvalue weighted by Gasteiger charge is 2.50. The molecule has 10 N–H and O–H groups in total. The van der Waals surface area contributed by atoms with Crippen molar-refractivity contribution in [2.24, 2.45) is 0 Å². The van der Waals surface area contributed by atoms with Crippen LogP contribution in [0.15, 0.2) is 24.3 Å². The van der Waals surface area contributed by atoms with Crippen molar-refractivity contribution in [2.45, 2.75) is 99.7 Å². The van der Waals surface area contributed by atoms with E-state index < -0.39 is 92.4 Å². The number of aliphatic hydroxyl groups is 9. The molecule has 230 valence electrons. The van der Waals surface area contributed by atoms with Gasteiger partial charge in [0.1, 0.15) is 66.8 Å². The minimum atomic E-state index is -1.84. The molecule has 0 saturated carbocycles. The first kappa shape index (κ1) is 32.8. The van der Waals surface area contributed by atoms with Crippen molar-refractivity contribution >= 4 is 5.69 Å². The molecule has 0 amide bonds. The Bertz CT molecular complexity index is 895. The molecule has 2 saturated heterocycles. The Morgan fingerprint density at radius 3 is 2.00 bits per heavy atom. The van der Waals surface area contributed by atoms with E-state index in [2.05, 4.69) is 5.32 Å². The van der Waals surface area contributed by atoms with Crippen LogP contribution in [-0.4, -0.2) is 152 Å². The molecule has 15 heteroatoms. The lowest BCUT2D eigenvalue weighted by atomic mass is 9.97. The normalized spacial score (nSPS) is 37.8. The van der Waals surface area contributed by atoms with E-state index in [1.807, 2.05) is 0 Å². The molecule has 0 spiro atoms. The van der Waals surface area contributed by atoms with Crippen LogP contribution < -0.4 is 10.1 Å². The summed E-state index contributed by atoms with van der Waals surface area (Å²) in [5.74, 6) is 0.598. The molecule has 0 radical (unpaired) electrons. The number of rotatable bonds is 12. The Labute approximate surface area is 231 Å². The summed E-state index contributed by atoms with van der Waals surface area (Å²) in [7, 11) is 1.51. The second-order valence-corrected chi connectivity index (χ2v) is 9.99. The van der Waals surface area contributed by atoms with Gasteiger partial charge < -0.3 is 75.0 Å². The minimum absolute atomic E-state index is 0.177. The molecule has 2 fully saturated rings. The third-order valence-corrected chi connectivity index (χ3v) is 7.10. The average Bonchev–Trinajstić information content (AvgIpc) is 2.96. The Morgan fingerprint density at radius 2 is 1.40 bits per heavy atom. The van der Waals surface area contributed by atoms with Crippen LogP contribution in [0.4, 0.5) is 5.69 Å². The van der Waals surface area contributed by atoms with Crippen molar-refractivity contribution in [1.29, 1.82) is 0 Å². The van der Waals surface area contributed by atoms with E-state index in [1.165, 1.54) is 21.0 Å². The van der Waals surface area contributed by atoms with Crippen molar-refractivity contribution < 1.29 is 69.6 Å². The van der Waals surface area contributed by atoms with E-state index in [0.717, 1.165) is 0 Å². The fraction of sp³-hybridized carbons (Fsp3) is 0.760. The van der Waals surface area contributed by atoms with Crippen molar-refractivity contribution in [3.63, 3.8) is 0 Å². The number of ether oxygens (including phenoxy) is 5. The number of anilines is 1. The van der Waals surface area contributed by atoms with Crippen LogP contribution in [0.3, 0.4) is 0 Å². The van der Waals surface area contributed by atoms with Crippen LogP contribution in [0.25, 0.3) is 0 Å². The summed E-state index contributed by atoms with van der Waals surface area (Å²) < 4.78 is 27.6. The van der Waals surface area contributed by atoms with Crippen LogP contribution in [0.5, 0.6) is 5.75 Å². The van der Waals surface area contributed by atoms with Crippen LogP contribution >= 0.6 is 0 Å². The van der Waals surface area contributed by atoms with Gasteiger partial charge in [0, 0.05) is 12.2 Å². The van der Waals surface area contributed by atoms with E-state index >= 15 is 0 Å². The second kappa shape index (κ2) is 14.5. The number of hydrogen-bond donors (Lipinski definition) is 10. The molecule has 0 aliphatic carbocycles. The Balaban J connectivity index is 1.77. The molecule has 15 nitrogen and oxygen atoms in total. The Kier molecular flexibility index (Phi) is 11.9. The third-order valence-electron chi connectivity index (χ3n) is 7.10. The van der Waals surface area contributed by atoms with Gasteiger partial charge in [0.2, 0.25) is 0 Å². The van der Waals surface area contributed by atoms with Crippen LogP contribution in [0.2, 0.25) is 0 Å². The number of nitrogens with one attached hydrogen (secondary N) is 1. The molecule has 1 aromatic carbocycles. The molecular formula is C25H41NO14. The van der Waals surface area contributed by atoms with Gasteiger partial charge in [0.05, 0.1) is 25.9 Å². The number of hydrogen-bond acceptors (Lipinski definition) is 15. The fourth-order valence-electron chi connectivity index (χ4n) is 4.46. The maximum atomic E-state index is 11.0. The van der Waals surface area contributed by atoms with Gasteiger partial charge in [-0.2, -0.15) is 0 Å². The lowest BCUT2D eigenvalue weighted by Gasteiger charge is -2.46. The summed E-state index contributed by atoms with van der Waals surface area (Å²) in [4.78, 5) is 0. The molecule has 1 aromatic rings. The molecule has 2 aliphatic heterocycles. The second-order valence-electron chi connectivity index (χ2n) is 9.99. The molecule has 2 aliphatic rings. The van der Waals surface area contributed by atoms with Gasteiger partial charge in [-0.05, 0) is 38.1 Å². The first-order valence-electron chi connectivity index (χ1n) is 12.9. The van der Waals surface area contributed by atoms with Crippen molar-refractivity contribution in [3.05, 3.63) is 24.3 Å². The fourth-order valence-corrected chi connectivity index (χ4v) is 4.46. The van der Waals surface area contributed by atoms with Crippen molar-refractivity contribution in [2.75, 3.05) is 25.6 Å². The minimum Gasteiger partial charge on any atom is -0.497 e. The van der Waals surface area contributed by atoms with E-state index in [1.54, 1.807) is 24.3 Å². The summed E-state index contributed by atoms with van der Waals surface area (Å²) in [6.07, 6.45) is -21.1. The molecule has 0 aromatic heterocycles. The first-order chi connectivity index (χ1) is 18.9. The van der Waals surface area contributed by atoms with Gasteiger partial charge in [-0.3, -0.25) is 0 Å². The largest absolute Gasteiger partial charge is 0.497 e. The quantitative estimate of drug-likeness (QED) is 0.114. The van der Waals surface area contributed by atoms with Crippen molar-refractivity contribution in [3.8, 4) is 5.75 Å². The molecule has 14 atom stereocenters. The lowest BCUT2D eigenvalue weighted by Crippen LogP contribution is -2.64. The summed E-state index contributed by atoms with van der Waals surface area (Å²) in [5, 5.41) is 95.3. The highest BCUT2D eigenvalue weighted by molar-refractivity contribution is 5.46. The van der Waals surface area contributed by atoms with Gasteiger partial charge in [0.15, 0.2) is 12.6 Å². The van der Waals surface area contributed by atoms with E-state index in [-0.39, 0.29) is 6.54 Å². The van der Waals surface area contributed by atoms with Gasteiger partial charge >= 0.3 is 0 Å². The molecule has 3 rings (SSSR count). The van der Waals surface area contributed by atoms with E-state index in [4.69, 9.17) is 23.7 Å². The standard InChI is InChI=1S/C25H41NO14/c1-10-16(29)20(33)21(34)24(37-10)40-23-17(30)11(2)38-25(22(23)35)39-15(19(32)18(31)14(28)9-27)8-26-12-4-6-13(36-3)7-5-12/h4-7,10-11,14-35H,8-9H2,1-3H3/t10-,11-,14+,15-,16-,17-,18+,19+,20+,21+,22+,23+,24-,25-/m0/s1. The zero-order valence-corrected chi connectivity index (χ0v) is 22.4. The molecule has 40 heavy (non-hydrogen) atoms. The summed E-state index contributed by atoms with van der Waals surface area (Å²) in [5.41, 5.74) is 0.576. The zero-order valence-electron chi connectivity index (χ0n) is 22.4. The smallest absolute Gasteiger partial charge is 0.187 e. The van der Waals surface area contributed by atoms with Gasteiger partial charge in [0.25, 0.3) is 0 Å². The molecular weight excluding hydrogens is 538 g/mol. The van der Waals surface area contributed by atoms with Gasteiger partial charge in [-0.15, -0.1) is 0 Å². The predicted octanol–water partition coefficient (Wildman–Crippen LogP) is -3.75. The first-order valence-corrected chi connectivity index (χ1v) is 12.9. The predicted molar refractivity (Wildman–Crippen MR) is 135 cm³/mol. The van der Waals surface area contributed by atoms with Crippen LogP contribution in [0.1, 0.15) is 13.8 Å². The highest BCUT2D eigenvalue weighted by Crippen LogP contribution is 2.30. The van der Waals surface area contributed by atoms with E-state index in [9.17, 15) is 46.0 Å². The zero-order chi connectivity index (χ0) is 29.7. The number of benzene rings is 1. The maximum Gasteiger partial charge on any atom is 0.187 e. The Hall–Kier alpha value is -1.70. The highest BCUT2D eigenvalue weighted by atomic mass is 16.7. The van der Waals surface area contributed by atoms with Crippen LogP contribution in [0, 0.1) is 0 Å².